The minimum absolute atomic E-state index is 0.0138. The van der Waals surface area contributed by atoms with Crippen molar-refractivity contribution in [3.05, 3.63) is 65.6 Å². The van der Waals surface area contributed by atoms with Crippen molar-refractivity contribution in [2.24, 2.45) is 17.8 Å². The second kappa shape index (κ2) is 6.97. The highest BCUT2D eigenvalue weighted by molar-refractivity contribution is 6.17. The van der Waals surface area contributed by atoms with Crippen LogP contribution in [-0.2, 0) is 14.3 Å². The molecule has 3 aliphatic rings. The molecule has 1 amide bonds. The Morgan fingerprint density at radius 3 is 2.60 bits per heavy atom. The van der Waals surface area contributed by atoms with Gasteiger partial charge in [-0.3, -0.25) is 14.5 Å². The van der Waals surface area contributed by atoms with Gasteiger partial charge in [0.25, 0.3) is 5.91 Å². The van der Waals surface area contributed by atoms with E-state index < -0.39 is 6.04 Å². The van der Waals surface area contributed by atoms with Crippen molar-refractivity contribution in [3.8, 4) is 5.75 Å². The normalized spacial score (nSPS) is 30.7. The number of anilines is 1. The van der Waals surface area contributed by atoms with Crippen LogP contribution in [0.1, 0.15) is 38.3 Å². The summed E-state index contributed by atoms with van der Waals surface area (Å²) in [5.41, 5.74) is 1.05. The molecule has 1 saturated carbocycles. The lowest BCUT2D eigenvalue weighted by Gasteiger charge is -2.40. The zero-order chi connectivity index (χ0) is 21.0. The number of Topliss-reactive ketones (excluding diaryl/α,β-unsaturated/α-hetero) is 1. The van der Waals surface area contributed by atoms with Crippen molar-refractivity contribution >= 4 is 17.5 Å². The molecule has 0 bridgehead atoms. The van der Waals surface area contributed by atoms with Gasteiger partial charge in [0.2, 0.25) is 0 Å². The number of ether oxygens (including phenoxy) is 1. The van der Waals surface area contributed by atoms with Crippen molar-refractivity contribution in [1.82, 2.24) is 4.98 Å². The Bertz CT molecular complexity index is 1050. The molecular formula is C24H24N2O4. The Morgan fingerprint density at radius 2 is 1.87 bits per heavy atom. The standard InChI is InChI=1S/C24H24N2O4/c1-13-10-17-18(11-14(13)2)30-23-20(22(17)28)21(15-6-5-7-16(27)12-15)26(24(23)29)19-8-3-4-9-25-19/h3-9,12-14,17-18,21,27H,10-11H2,1-2H3. The molecule has 5 rings (SSSR count). The maximum absolute atomic E-state index is 13.7. The summed E-state index contributed by atoms with van der Waals surface area (Å²) in [6, 6.07) is 11.3. The SMILES string of the molecule is CC1CC2OC3=C(C(=O)C2CC1C)C(c1cccc(O)c1)N(c1ccccn1)C3=O. The largest absolute Gasteiger partial charge is 0.508 e. The smallest absolute Gasteiger partial charge is 0.295 e. The van der Waals surface area contributed by atoms with Crippen molar-refractivity contribution in [3.63, 3.8) is 0 Å². The molecule has 1 aromatic heterocycles. The van der Waals surface area contributed by atoms with E-state index in [0.717, 1.165) is 12.8 Å². The average Bonchev–Trinajstić information content (AvgIpc) is 3.03. The van der Waals surface area contributed by atoms with E-state index in [1.54, 1.807) is 42.6 Å². The van der Waals surface area contributed by atoms with Gasteiger partial charge in [0.15, 0.2) is 11.5 Å². The highest BCUT2D eigenvalue weighted by Crippen LogP contribution is 2.49. The maximum atomic E-state index is 13.7. The minimum Gasteiger partial charge on any atom is -0.508 e. The average molecular weight is 404 g/mol. The number of rotatable bonds is 2. The molecule has 2 aliphatic heterocycles. The predicted molar refractivity (Wildman–Crippen MR) is 111 cm³/mol. The molecule has 6 nitrogen and oxygen atoms in total. The molecule has 1 fully saturated rings. The minimum atomic E-state index is -0.669. The number of hydrogen-bond acceptors (Lipinski definition) is 5. The number of amides is 1. The number of aromatic hydroxyl groups is 1. The fourth-order valence-corrected chi connectivity index (χ4v) is 5.00. The van der Waals surface area contributed by atoms with Crippen LogP contribution < -0.4 is 4.90 Å². The van der Waals surface area contributed by atoms with Crippen molar-refractivity contribution in [2.75, 3.05) is 4.90 Å². The van der Waals surface area contributed by atoms with Crippen LogP contribution in [0.15, 0.2) is 60.0 Å². The molecule has 5 atom stereocenters. The van der Waals surface area contributed by atoms with Crippen LogP contribution >= 0.6 is 0 Å². The van der Waals surface area contributed by atoms with E-state index in [0.29, 0.717) is 28.8 Å². The van der Waals surface area contributed by atoms with Crippen LogP contribution in [0.2, 0.25) is 0 Å². The maximum Gasteiger partial charge on any atom is 0.295 e. The third-order valence-corrected chi connectivity index (χ3v) is 6.79. The molecule has 154 valence electrons. The van der Waals surface area contributed by atoms with Gasteiger partial charge in [-0.2, -0.15) is 0 Å². The first-order chi connectivity index (χ1) is 14.5. The molecule has 0 saturated heterocycles. The first-order valence-corrected chi connectivity index (χ1v) is 10.4. The fourth-order valence-electron chi connectivity index (χ4n) is 5.00. The summed E-state index contributed by atoms with van der Waals surface area (Å²) in [7, 11) is 0. The van der Waals surface area contributed by atoms with E-state index >= 15 is 0 Å². The van der Waals surface area contributed by atoms with E-state index in [2.05, 4.69) is 18.8 Å². The Balaban J connectivity index is 1.65. The van der Waals surface area contributed by atoms with E-state index in [1.807, 2.05) is 6.07 Å². The lowest BCUT2D eigenvalue weighted by atomic mass is 9.70. The first kappa shape index (κ1) is 18.9. The zero-order valence-electron chi connectivity index (χ0n) is 17.0. The van der Waals surface area contributed by atoms with Crippen LogP contribution in [0.5, 0.6) is 5.75 Å². The number of pyridine rings is 1. The number of benzene rings is 1. The summed E-state index contributed by atoms with van der Waals surface area (Å²) in [5, 5.41) is 10.1. The van der Waals surface area contributed by atoms with E-state index in [1.165, 1.54) is 4.90 Å². The lowest BCUT2D eigenvalue weighted by molar-refractivity contribution is -0.134. The molecule has 3 heterocycles. The van der Waals surface area contributed by atoms with Gasteiger partial charge in [-0.25, -0.2) is 4.98 Å². The lowest BCUT2D eigenvalue weighted by Crippen LogP contribution is -2.43. The van der Waals surface area contributed by atoms with Crippen molar-refractivity contribution in [1.29, 1.82) is 0 Å². The number of nitrogens with zero attached hydrogens (tertiary/aromatic N) is 2. The van der Waals surface area contributed by atoms with Gasteiger partial charge in [-0.15, -0.1) is 0 Å². The number of phenolic OH excluding ortho intramolecular Hbond substituents is 1. The Morgan fingerprint density at radius 1 is 1.07 bits per heavy atom. The summed E-state index contributed by atoms with van der Waals surface area (Å²) in [5.74, 6) is 0.919. The quantitative estimate of drug-likeness (QED) is 0.824. The van der Waals surface area contributed by atoms with Gasteiger partial charge in [0.05, 0.1) is 17.5 Å². The topological polar surface area (TPSA) is 79.7 Å². The second-order valence-corrected chi connectivity index (χ2v) is 8.66. The van der Waals surface area contributed by atoms with Crippen molar-refractivity contribution in [2.45, 2.75) is 38.8 Å². The molecule has 1 aromatic carbocycles. The molecular weight excluding hydrogens is 380 g/mol. The predicted octanol–water partition coefficient (Wildman–Crippen LogP) is 3.78. The summed E-state index contributed by atoms with van der Waals surface area (Å²) >= 11 is 0. The van der Waals surface area contributed by atoms with E-state index in [-0.39, 0.29) is 35.2 Å². The summed E-state index contributed by atoms with van der Waals surface area (Å²) in [4.78, 5) is 33.0. The van der Waals surface area contributed by atoms with Crippen LogP contribution in [0.25, 0.3) is 0 Å². The number of carbonyl (C=O) groups is 2. The third-order valence-electron chi connectivity index (χ3n) is 6.79. The molecule has 1 N–H and O–H groups in total. The summed E-state index contributed by atoms with van der Waals surface area (Å²) in [6.07, 6.45) is 2.87. The number of aromatic nitrogens is 1. The Labute approximate surface area is 175 Å². The van der Waals surface area contributed by atoms with Gasteiger partial charge >= 0.3 is 0 Å². The molecule has 0 spiro atoms. The molecule has 5 unspecified atom stereocenters. The van der Waals surface area contributed by atoms with Gasteiger partial charge in [0, 0.05) is 6.20 Å². The Hall–Kier alpha value is -3.15. The molecule has 1 aliphatic carbocycles. The zero-order valence-corrected chi connectivity index (χ0v) is 17.0. The molecule has 2 aromatic rings. The van der Waals surface area contributed by atoms with Gasteiger partial charge in [0.1, 0.15) is 17.7 Å². The van der Waals surface area contributed by atoms with Crippen LogP contribution in [0.3, 0.4) is 0 Å². The van der Waals surface area contributed by atoms with Gasteiger partial charge in [-0.1, -0.05) is 32.0 Å². The van der Waals surface area contributed by atoms with E-state index in [4.69, 9.17) is 4.74 Å². The number of carbonyl (C=O) groups excluding carboxylic acids is 2. The number of ketones is 1. The van der Waals surface area contributed by atoms with Crippen molar-refractivity contribution < 1.29 is 19.4 Å². The number of hydrogen-bond donors (Lipinski definition) is 1. The van der Waals surface area contributed by atoms with E-state index in [9.17, 15) is 14.7 Å². The number of fused-ring (bicyclic) bond motifs is 1. The monoisotopic (exact) mass is 404 g/mol. The highest BCUT2D eigenvalue weighted by atomic mass is 16.5. The fraction of sp³-hybridized carbons (Fsp3) is 0.375. The molecule has 30 heavy (non-hydrogen) atoms. The Kier molecular flexibility index (Phi) is 4.38. The van der Waals surface area contributed by atoms with Crippen LogP contribution in [-0.4, -0.2) is 27.9 Å². The second-order valence-electron chi connectivity index (χ2n) is 8.66. The first-order valence-electron chi connectivity index (χ1n) is 10.4. The molecule has 6 heteroatoms. The van der Waals surface area contributed by atoms with Crippen LogP contribution in [0.4, 0.5) is 5.82 Å². The third kappa shape index (κ3) is 2.82. The van der Waals surface area contributed by atoms with Gasteiger partial charge in [-0.05, 0) is 54.5 Å². The highest BCUT2D eigenvalue weighted by Gasteiger charge is 2.54. The summed E-state index contributed by atoms with van der Waals surface area (Å²) < 4.78 is 6.23. The summed E-state index contributed by atoms with van der Waals surface area (Å²) in [6.45, 7) is 4.34. The molecule has 0 radical (unpaired) electrons. The number of phenols is 1. The van der Waals surface area contributed by atoms with Gasteiger partial charge < -0.3 is 9.84 Å². The van der Waals surface area contributed by atoms with Crippen LogP contribution in [0, 0.1) is 17.8 Å².